The Hall–Kier alpha value is -3.69. The molecule has 1 aliphatic rings. The van der Waals surface area contributed by atoms with E-state index in [1.54, 1.807) is 30.3 Å². The molecule has 0 saturated carbocycles. The molecular weight excluding hydrogens is 456 g/mol. The minimum Gasteiger partial charge on any atom is -0.493 e. The van der Waals surface area contributed by atoms with Crippen molar-refractivity contribution in [3.8, 4) is 11.5 Å². The topological polar surface area (TPSA) is 100 Å². The number of non-ortho nitro benzene ring substituents is 1. The number of esters is 1. The SMILES string of the molecule is COc1cc(/C=C2\N=C(c3cccs3)OC2=O)cc(Cl)c1OCc1ccc([N+](=O)[O-])cc1. The number of methoxy groups -OCH3 is 1. The van der Waals surface area contributed by atoms with Gasteiger partial charge in [0.15, 0.2) is 17.2 Å². The van der Waals surface area contributed by atoms with Crippen LogP contribution in [0.3, 0.4) is 0 Å². The zero-order valence-electron chi connectivity index (χ0n) is 16.6. The Morgan fingerprint density at radius 2 is 2.03 bits per heavy atom. The van der Waals surface area contributed by atoms with Gasteiger partial charge in [0, 0.05) is 12.1 Å². The number of cyclic esters (lactones) is 1. The van der Waals surface area contributed by atoms with Gasteiger partial charge in [0.1, 0.15) is 6.61 Å². The molecule has 1 aliphatic heterocycles. The van der Waals surface area contributed by atoms with E-state index in [2.05, 4.69) is 4.99 Å². The monoisotopic (exact) mass is 470 g/mol. The van der Waals surface area contributed by atoms with Crippen molar-refractivity contribution < 1.29 is 23.9 Å². The van der Waals surface area contributed by atoms with E-state index in [4.69, 9.17) is 25.8 Å². The summed E-state index contributed by atoms with van der Waals surface area (Å²) in [7, 11) is 1.47. The van der Waals surface area contributed by atoms with Crippen LogP contribution in [0.15, 0.2) is 64.6 Å². The summed E-state index contributed by atoms with van der Waals surface area (Å²) in [4.78, 5) is 27.5. The number of halogens is 1. The van der Waals surface area contributed by atoms with Gasteiger partial charge >= 0.3 is 5.97 Å². The van der Waals surface area contributed by atoms with Crippen LogP contribution in [-0.2, 0) is 16.1 Å². The zero-order chi connectivity index (χ0) is 22.7. The Bertz CT molecular complexity index is 1240. The fourth-order valence-corrected chi connectivity index (χ4v) is 3.83. The molecule has 0 saturated heterocycles. The maximum Gasteiger partial charge on any atom is 0.363 e. The van der Waals surface area contributed by atoms with Crippen LogP contribution in [0.5, 0.6) is 11.5 Å². The third-order valence-electron chi connectivity index (χ3n) is 4.44. The van der Waals surface area contributed by atoms with Gasteiger partial charge in [-0.1, -0.05) is 17.7 Å². The number of rotatable bonds is 7. The third-order valence-corrected chi connectivity index (χ3v) is 5.58. The van der Waals surface area contributed by atoms with E-state index < -0.39 is 10.9 Å². The molecule has 32 heavy (non-hydrogen) atoms. The molecule has 0 amide bonds. The smallest absolute Gasteiger partial charge is 0.363 e. The highest BCUT2D eigenvalue weighted by atomic mass is 35.5. The minimum atomic E-state index is -0.554. The fraction of sp³-hybridized carbons (Fsp3) is 0.0909. The lowest BCUT2D eigenvalue weighted by Crippen LogP contribution is -2.03. The van der Waals surface area contributed by atoms with Crippen molar-refractivity contribution in [2.75, 3.05) is 7.11 Å². The molecule has 2 heterocycles. The first kappa shape index (κ1) is 21.5. The number of carbonyl (C=O) groups is 1. The Kier molecular flexibility index (Phi) is 6.20. The lowest BCUT2D eigenvalue weighted by atomic mass is 10.1. The van der Waals surface area contributed by atoms with Crippen LogP contribution in [0.4, 0.5) is 5.69 Å². The summed E-state index contributed by atoms with van der Waals surface area (Å²) in [5, 5.41) is 12.9. The highest BCUT2D eigenvalue weighted by molar-refractivity contribution is 7.12. The number of aliphatic imine (C=N–C) groups is 1. The van der Waals surface area contributed by atoms with Crippen LogP contribution in [-0.4, -0.2) is 23.9 Å². The highest BCUT2D eigenvalue weighted by Gasteiger charge is 2.25. The van der Waals surface area contributed by atoms with Gasteiger partial charge in [-0.05, 0) is 52.9 Å². The first-order valence-corrected chi connectivity index (χ1v) is 10.5. The van der Waals surface area contributed by atoms with E-state index in [0.29, 0.717) is 17.1 Å². The summed E-state index contributed by atoms with van der Waals surface area (Å²) in [6, 6.07) is 13.0. The molecule has 0 atom stereocenters. The molecule has 1 aromatic heterocycles. The van der Waals surface area contributed by atoms with Crippen molar-refractivity contribution in [3.63, 3.8) is 0 Å². The third kappa shape index (κ3) is 4.63. The van der Waals surface area contributed by atoms with Crippen molar-refractivity contribution in [1.82, 2.24) is 0 Å². The normalized spacial score (nSPS) is 14.2. The molecule has 3 aromatic rings. The summed E-state index contributed by atoms with van der Waals surface area (Å²) < 4.78 is 16.4. The van der Waals surface area contributed by atoms with Crippen molar-refractivity contribution in [1.29, 1.82) is 0 Å². The Morgan fingerprint density at radius 3 is 2.69 bits per heavy atom. The Labute approximate surface area is 191 Å². The van der Waals surface area contributed by atoms with Crippen molar-refractivity contribution >= 4 is 46.6 Å². The lowest BCUT2D eigenvalue weighted by molar-refractivity contribution is -0.384. The van der Waals surface area contributed by atoms with Gasteiger partial charge in [-0.2, -0.15) is 0 Å². The molecule has 0 N–H and O–H groups in total. The number of benzene rings is 2. The van der Waals surface area contributed by atoms with Crippen LogP contribution < -0.4 is 9.47 Å². The number of nitro groups is 1. The second-order valence-corrected chi connectivity index (χ2v) is 7.91. The standard InChI is InChI=1S/C22H15ClN2O6S/c1-29-18-11-14(10-17-22(26)31-21(24-17)19-3-2-8-32-19)9-16(23)20(18)30-12-13-4-6-15(7-5-13)25(27)28/h2-11H,12H2,1H3/b17-10-. The van der Waals surface area contributed by atoms with Gasteiger partial charge in [0.2, 0.25) is 5.90 Å². The first-order chi connectivity index (χ1) is 15.4. The van der Waals surface area contributed by atoms with Gasteiger partial charge in [-0.3, -0.25) is 10.1 Å². The van der Waals surface area contributed by atoms with Gasteiger partial charge in [0.05, 0.1) is 21.9 Å². The number of thiophene rings is 1. The molecule has 0 radical (unpaired) electrons. The average molecular weight is 471 g/mol. The minimum absolute atomic E-state index is 0.00270. The number of nitrogens with zero attached hydrogens (tertiary/aromatic N) is 2. The molecule has 0 unspecified atom stereocenters. The average Bonchev–Trinajstić information content (AvgIpc) is 3.43. The summed E-state index contributed by atoms with van der Waals surface area (Å²) >= 11 is 7.82. The fourth-order valence-electron chi connectivity index (χ4n) is 2.91. The molecule has 162 valence electrons. The maximum atomic E-state index is 12.2. The summed E-state index contributed by atoms with van der Waals surface area (Å²) in [6.45, 7) is 0.134. The molecule has 0 spiro atoms. The van der Waals surface area contributed by atoms with Crippen LogP contribution in [0, 0.1) is 10.1 Å². The van der Waals surface area contributed by atoms with Gasteiger partial charge < -0.3 is 14.2 Å². The zero-order valence-corrected chi connectivity index (χ0v) is 18.2. The number of ether oxygens (including phenoxy) is 3. The number of carbonyl (C=O) groups excluding carboxylic acids is 1. The maximum absolute atomic E-state index is 12.2. The van der Waals surface area contributed by atoms with E-state index in [9.17, 15) is 14.9 Å². The molecule has 0 aliphatic carbocycles. The highest BCUT2D eigenvalue weighted by Crippen LogP contribution is 2.38. The van der Waals surface area contributed by atoms with Crippen molar-refractivity contribution in [2.45, 2.75) is 6.61 Å². The summed E-state index contributed by atoms with van der Waals surface area (Å²) in [5.74, 6) is 0.380. The first-order valence-electron chi connectivity index (χ1n) is 9.24. The van der Waals surface area contributed by atoms with E-state index >= 15 is 0 Å². The summed E-state index contributed by atoms with van der Waals surface area (Å²) in [6.07, 6.45) is 1.55. The number of hydrogen-bond acceptors (Lipinski definition) is 8. The number of nitro benzene ring substituents is 1. The van der Waals surface area contributed by atoms with Gasteiger partial charge in [-0.15, -0.1) is 11.3 Å². The predicted molar refractivity (Wildman–Crippen MR) is 120 cm³/mol. The van der Waals surface area contributed by atoms with Crippen LogP contribution in [0.25, 0.3) is 6.08 Å². The molecule has 4 rings (SSSR count). The second-order valence-electron chi connectivity index (χ2n) is 6.56. The lowest BCUT2D eigenvalue weighted by Gasteiger charge is -2.13. The van der Waals surface area contributed by atoms with Crippen LogP contribution in [0.1, 0.15) is 16.0 Å². The molecular formula is C22H15ClN2O6S. The summed E-state index contributed by atoms with van der Waals surface area (Å²) in [5.41, 5.74) is 1.45. The molecule has 0 fully saturated rings. The Balaban J connectivity index is 1.55. The molecule has 0 bridgehead atoms. The van der Waals surface area contributed by atoms with Crippen molar-refractivity contribution in [2.24, 2.45) is 4.99 Å². The van der Waals surface area contributed by atoms with Gasteiger partial charge in [0.25, 0.3) is 5.69 Å². The van der Waals surface area contributed by atoms with E-state index in [1.165, 1.54) is 30.6 Å². The van der Waals surface area contributed by atoms with Gasteiger partial charge in [-0.25, -0.2) is 9.79 Å². The predicted octanol–water partition coefficient (Wildman–Crippen LogP) is 5.24. The van der Waals surface area contributed by atoms with Crippen molar-refractivity contribution in [3.05, 3.63) is 90.7 Å². The van der Waals surface area contributed by atoms with Crippen LogP contribution in [0.2, 0.25) is 5.02 Å². The molecule has 2 aromatic carbocycles. The quantitative estimate of drug-likeness (QED) is 0.202. The molecule has 8 nitrogen and oxygen atoms in total. The Morgan fingerprint density at radius 1 is 1.25 bits per heavy atom. The second kappa shape index (κ2) is 9.21. The van der Waals surface area contributed by atoms with E-state index in [1.807, 2.05) is 17.5 Å². The van der Waals surface area contributed by atoms with Crippen LogP contribution >= 0.6 is 22.9 Å². The van der Waals surface area contributed by atoms with E-state index in [0.717, 1.165) is 10.4 Å². The largest absolute Gasteiger partial charge is 0.493 e. The number of hydrogen-bond donors (Lipinski definition) is 0. The van der Waals surface area contributed by atoms with E-state index in [-0.39, 0.29) is 28.9 Å². The molecule has 10 heteroatoms.